The zero-order valence-electron chi connectivity index (χ0n) is 16.3. The van der Waals surface area contributed by atoms with Crippen LogP contribution in [0.2, 0.25) is 0 Å². The van der Waals surface area contributed by atoms with E-state index >= 15 is 0 Å². The van der Waals surface area contributed by atoms with Crippen LogP contribution < -0.4 is 4.74 Å². The smallest absolute Gasteiger partial charge is 0.237 e. The van der Waals surface area contributed by atoms with Crippen molar-refractivity contribution in [2.24, 2.45) is 0 Å². The van der Waals surface area contributed by atoms with Crippen LogP contribution in [0.1, 0.15) is 51.7 Å². The predicted octanol–water partition coefficient (Wildman–Crippen LogP) is 3.64. The lowest BCUT2D eigenvalue weighted by atomic mass is 9.73. The number of hydrogen-bond donors (Lipinski definition) is 0. The Hall–Kier alpha value is -2.60. The monoisotopic (exact) mass is 368 g/mol. The van der Waals surface area contributed by atoms with E-state index in [0.29, 0.717) is 23.6 Å². The second kappa shape index (κ2) is 6.85. The van der Waals surface area contributed by atoms with Gasteiger partial charge in [0.05, 0.1) is 6.20 Å². The normalized spacial score (nSPS) is 19.1. The fourth-order valence-corrected chi connectivity index (χ4v) is 3.52. The molecule has 1 aromatic carbocycles. The van der Waals surface area contributed by atoms with Crippen LogP contribution in [0, 0.1) is 0 Å². The van der Waals surface area contributed by atoms with Crippen molar-refractivity contribution >= 4 is 11.6 Å². The first-order chi connectivity index (χ1) is 12.7. The molecule has 2 aromatic rings. The van der Waals surface area contributed by atoms with Crippen molar-refractivity contribution < 1.29 is 19.1 Å². The Morgan fingerprint density at radius 1 is 1.07 bits per heavy atom. The highest BCUT2D eigenvalue weighted by atomic mass is 16.5. The first kappa shape index (κ1) is 19.2. The third kappa shape index (κ3) is 3.62. The van der Waals surface area contributed by atoms with Crippen LogP contribution in [-0.2, 0) is 20.7 Å². The Labute approximate surface area is 158 Å². The molecule has 1 aromatic heterocycles. The van der Waals surface area contributed by atoms with E-state index in [0.717, 1.165) is 5.56 Å². The molecule has 27 heavy (non-hydrogen) atoms. The molecule has 0 aliphatic carbocycles. The van der Waals surface area contributed by atoms with Crippen LogP contribution in [0.15, 0.2) is 36.8 Å². The van der Waals surface area contributed by atoms with Gasteiger partial charge in [0.1, 0.15) is 22.9 Å². The lowest BCUT2D eigenvalue weighted by Gasteiger charge is -2.43. The van der Waals surface area contributed by atoms with Gasteiger partial charge in [-0.15, -0.1) is 0 Å². The van der Waals surface area contributed by atoms with Crippen molar-refractivity contribution in [1.29, 1.82) is 0 Å². The molecule has 1 aliphatic heterocycles. The molecule has 0 atom stereocenters. The second-order valence-electron chi connectivity index (χ2n) is 7.64. The summed E-state index contributed by atoms with van der Waals surface area (Å²) < 4.78 is 11.5. The van der Waals surface area contributed by atoms with Crippen LogP contribution in [0.4, 0.5) is 0 Å². The molecule has 1 fully saturated rings. The largest absolute Gasteiger partial charge is 0.437 e. The van der Waals surface area contributed by atoms with Crippen LogP contribution in [0.5, 0.6) is 11.6 Å². The summed E-state index contributed by atoms with van der Waals surface area (Å²) in [6, 6.07) is 5.45. The zero-order valence-corrected chi connectivity index (χ0v) is 16.3. The van der Waals surface area contributed by atoms with Gasteiger partial charge in [-0.25, -0.2) is 4.98 Å². The molecule has 3 rings (SSSR count). The summed E-state index contributed by atoms with van der Waals surface area (Å²) in [5.41, 5.74) is -0.496. The number of benzene rings is 1. The van der Waals surface area contributed by atoms with Crippen molar-refractivity contribution in [3.05, 3.63) is 47.9 Å². The van der Waals surface area contributed by atoms with Crippen LogP contribution in [-0.4, -0.2) is 32.7 Å². The maximum absolute atomic E-state index is 13.1. The molecule has 142 valence electrons. The maximum atomic E-state index is 13.1. The molecule has 0 bridgehead atoms. The number of hydrogen-bond acceptors (Lipinski definition) is 6. The quantitative estimate of drug-likeness (QED) is 0.767. The number of carbonyl (C=O) groups is 2. The molecular weight excluding hydrogens is 344 g/mol. The maximum Gasteiger partial charge on any atom is 0.237 e. The molecule has 0 amide bonds. The number of nitrogens with zero attached hydrogens (tertiary/aromatic N) is 2. The Bertz CT molecular complexity index is 849. The third-order valence-electron chi connectivity index (χ3n) is 4.79. The van der Waals surface area contributed by atoms with E-state index in [1.54, 1.807) is 40.0 Å². The molecule has 2 heterocycles. The molecule has 0 N–H and O–H groups in total. The van der Waals surface area contributed by atoms with Gasteiger partial charge < -0.3 is 9.47 Å². The molecule has 0 radical (unpaired) electrons. The van der Waals surface area contributed by atoms with E-state index in [4.69, 9.17) is 9.47 Å². The van der Waals surface area contributed by atoms with E-state index in [1.165, 1.54) is 12.4 Å². The highest BCUT2D eigenvalue weighted by Gasteiger charge is 2.53. The van der Waals surface area contributed by atoms with Crippen molar-refractivity contribution in [3.63, 3.8) is 0 Å². The minimum absolute atomic E-state index is 0.238. The van der Waals surface area contributed by atoms with Crippen molar-refractivity contribution in [1.82, 2.24) is 9.97 Å². The second-order valence-corrected chi connectivity index (χ2v) is 7.64. The lowest BCUT2D eigenvalue weighted by molar-refractivity contribution is -0.184. The average molecular weight is 368 g/mol. The molecule has 0 saturated carbocycles. The average Bonchev–Trinajstić information content (AvgIpc) is 2.61. The topological polar surface area (TPSA) is 78.4 Å². The molecule has 0 unspecified atom stereocenters. The molecule has 6 heteroatoms. The Morgan fingerprint density at radius 2 is 1.74 bits per heavy atom. The van der Waals surface area contributed by atoms with Gasteiger partial charge in [0, 0.05) is 12.4 Å². The van der Waals surface area contributed by atoms with E-state index in [9.17, 15) is 9.59 Å². The Balaban J connectivity index is 2.06. The van der Waals surface area contributed by atoms with Gasteiger partial charge in [0.2, 0.25) is 5.88 Å². The van der Waals surface area contributed by atoms with Gasteiger partial charge in [-0.2, -0.15) is 0 Å². The van der Waals surface area contributed by atoms with E-state index in [2.05, 4.69) is 9.97 Å². The fraction of sp³-hybridized carbons (Fsp3) is 0.429. The standard InChI is InChI=1S/C21H24N2O4/c1-6-13-7-8-14(26-16-12-22-9-10-23-16)11-15(13)17-18(24)20(2,3)27-21(4,5)19(17)25/h7-12,17H,6H2,1-5H3. The fourth-order valence-electron chi connectivity index (χ4n) is 3.52. The Morgan fingerprint density at radius 3 is 2.30 bits per heavy atom. The molecule has 1 saturated heterocycles. The third-order valence-corrected chi connectivity index (χ3v) is 4.79. The van der Waals surface area contributed by atoms with Crippen LogP contribution in [0.3, 0.4) is 0 Å². The molecule has 1 aliphatic rings. The SMILES string of the molecule is CCc1ccc(Oc2cnccn2)cc1C1C(=O)C(C)(C)OC(C)(C)C1=O. The summed E-state index contributed by atoms with van der Waals surface area (Å²) in [6.07, 6.45) is 5.29. The zero-order chi connectivity index (χ0) is 19.8. The van der Waals surface area contributed by atoms with Gasteiger partial charge >= 0.3 is 0 Å². The van der Waals surface area contributed by atoms with Crippen molar-refractivity contribution in [2.75, 3.05) is 0 Å². The van der Waals surface area contributed by atoms with Crippen molar-refractivity contribution in [2.45, 2.75) is 58.2 Å². The van der Waals surface area contributed by atoms with Gasteiger partial charge in [0.15, 0.2) is 11.6 Å². The minimum atomic E-state index is -1.05. The van der Waals surface area contributed by atoms with Crippen molar-refractivity contribution in [3.8, 4) is 11.6 Å². The van der Waals surface area contributed by atoms with Gasteiger partial charge in [-0.1, -0.05) is 13.0 Å². The predicted molar refractivity (Wildman–Crippen MR) is 99.9 cm³/mol. The first-order valence-electron chi connectivity index (χ1n) is 9.01. The molecule has 6 nitrogen and oxygen atoms in total. The summed E-state index contributed by atoms with van der Waals surface area (Å²) in [5, 5.41) is 0. The van der Waals surface area contributed by atoms with E-state index in [-0.39, 0.29) is 11.6 Å². The Kier molecular flexibility index (Phi) is 4.86. The summed E-state index contributed by atoms with van der Waals surface area (Å²) >= 11 is 0. The summed E-state index contributed by atoms with van der Waals surface area (Å²) in [6.45, 7) is 8.83. The van der Waals surface area contributed by atoms with E-state index in [1.807, 2.05) is 19.1 Å². The van der Waals surface area contributed by atoms with Gasteiger partial charge in [-0.05, 0) is 57.4 Å². The lowest BCUT2D eigenvalue weighted by Crippen LogP contribution is -2.58. The highest BCUT2D eigenvalue weighted by Crippen LogP contribution is 2.40. The highest BCUT2D eigenvalue weighted by molar-refractivity contribution is 6.15. The summed E-state index contributed by atoms with van der Waals surface area (Å²) in [4.78, 5) is 34.2. The van der Waals surface area contributed by atoms with Crippen LogP contribution >= 0.6 is 0 Å². The number of ketones is 2. The minimum Gasteiger partial charge on any atom is -0.437 e. The van der Waals surface area contributed by atoms with E-state index < -0.39 is 17.1 Å². The number of rotatable bonds is 4. The van der Waals surface area contributed by atoms with Gasteiger partial charge in [0.25, 0.3) is 0 Å². The van der Waals surface area contributed by atoms with Crippen LogP contribution in [0.25, 0.3) is 0 Å². The number of Topliss-reactive ketones (excluding diaryl/α,β-unsaturated/α-hetero) is 2. The van der Waals surface area contributed by atoms with Gasteiger partial charge in [-0.3, -0.25) is 14.6 Å². The molecular formula is C21H24N2O4. The summed E-state index contributed by atoms with van der Waals surface area (Å²) in [5.74, 6) is -0.510. The first-order valence-corrected chi connectivity index (χ1v) is 9.01. The number of carbonyl (C=O) groups excluding carboxylic acids is 2. The number of aromatic nitrogens is 2. The summed E-state index contributed by atoms with van der Waals surface area (Å²) in [7, 11) is 0. The number of ether oxygens (including phenoxy) is 2. The number of aryl methyl sites for hydroxylation is 1. The molecule has 0 spiro atoms.